The van der Waals surface area contributed by atoms with Crippen molar-refractivity contribution in [3.63, 3.8) is 0 Å². The Hall–Kier alpha value is -7.28. The Morgan fingerprint density at radius 3 is 1.32 bits per heavy atom. The molecule has 0 aliphatic heterocycles. The van der Waals surface area contributed by atoms with Gasteiger partial charge in [-0.2, -0.15) is 18.4 Å². The molecule has 0 spiro atoms. The summed E-state index contributed by atoms with van der Waals surface area (Å²) in [5.41, 5.74) is 2.67. The van der Waals surface area contributed by atoms with Crippen LogP contribution in [0, 0.1) is 118 Å². The molecular weight excluding hydrogens is 930 g/mol. The molecule has 0 aromatic heterocycles. The van der Waals surface area contributed by atoms with Crippen LogP contribution >= 0.6 is 0 Å². The Labute approximate surface area is 393 Å². The summed E-state index contributed by atoms with van der Waals surface area (Å²) in [5, 5.41) is 8.38. The molecule has 0 bridgehead atoms. The molecular formula is C53H48F13NO2. The van der Waals surface area contributed by atoms with Gasteiger partial charge in [0.15, 0.2) is 23.3 Å². The molecule has 0 fully saturated rings. The number of hydrogen-bond acceptors (Lipinski definition) is 3. The minimum atomic E-state index is -4.47. The molecule has 0 saturated carbocycles. The first kappa shape index (κ1) is 59.7. The van der Waals surface area contributed by atoms with Gasteiger partial charge in [-0.1, -0.05) is 36.4 Å². The maximum absolute atomic E-state index is 12.6. The number of nitriles is 1. The van der Waals surface area contributed by atoms with Crippen molar-refractivity contribution in [2.75, 3.05) is 14.2 Å². The molecule has 0 amide bonds. The SMILES string of the molecule is COc1cccc(OC)c1C.Cc1c(F)cccc1C(F)(F)F.Cc1cc(C#N)ccc1F.Cc1cc(F)ccc1F.Cc1ccc(F)c(F)c1.Cc1ccc(F)cc1F.Cc1cccc(F)c1F. The van der Waals surface area contributed by atoms with Gasteiger partial charge in [0, 0.05) is 11.6 Å². The van der Waals surface area contributed by atoms with Gasteiger partial charge >= 0.3 is 6.18 Å². The minimum Gasteiger partial charge on any atom is -0.496 e. The van der Waals surface area contributed by atoms with Gasteiger partial charge in [-0.25, -0.2) is 43.9 Å². The molecule has 0 unspecified atom stereocenters. The van der Waals surface area contributed by atoms with Crippen LogP contribution in [0.15, 0.2) is 127 Å². The van der Waals surface area contributed by atoms with Crippen LogP contribution in [-0.2, 0) is 6.18 Å². The van der Waals surface area contributed by atoms with E-state index >= 15 is 0 Å². The third kappa shape index (κ3) is 21.5. The Kier molecular flexibility index (Phi) is 25.5. The fourth-order valence-corrected chi connectivity index (χ4v) is 5.05. The van der Waals surface area contributed by atoms with Gasteiger partial charge in [0.05, 0.1) is 31.4 Å². The normalized spacial score (nSPS) is 9.87. The second-order valence-corrected chi connectivity index (χ2v) is 14.3. The van der Waals surface area contributed by atoms with E-state index in [2.05, 4.69) is 0 Å². The summed E-state index contributed by atoms with van der Waals surface area (Å²) >= 11 is 0. The second kappa shape index (κ2) is 29.5. The molecule has 0 saturated heterocycles. The highest BCUT2D eigenvalue weighted by Gasteiger charge is 2.32. The van der Waals surface area contributed by atoms with Gasteiger partial charge in [0.2, 0.25) is 0 Å². The van der Waals surface area contributed by atoms with Crippen LogP contribution in [0.1, 0.15) is 50.1 Å². The maximum Gasteiger partial charge on any atom is 0.416 e. The smallest absolute Gasteiger partial charge is 0.416 e. The standard InChI is InChI=1S/C9H12O2.C8H6F4.C8H6FN.4C7H6F2/c1-7-8(10-2)5-4-6-9(7)11-3;1-5-6(8(10,11)12)3-2-4-7(5)9;1-6-4-7(5-10)2-3-8(6)9;1-5-4-6(8)2-3-7(5)9;1-5-2-3-6(8)4-7(5)9;1-5-2-3-6(8)7(9)4-5;1-5-3-2-4-6(8)7(5)9/h4-6H,1-3H3;2-4H,1H3;2-4H,1H3;4*2-4H,1H3. The van der Waals surface area contributed by atoms with Crippen molar-refractivity contribution in [3.05, 3.63) is 236 Å². The largest absolute Gasteiger partial charge is 0.496 e. The van der Waals surface area contributed by atoms with Gasteiger partial charge in [-0.15, -0.1) is 0 Å². The monoisotopic (exact) mass is 977 g/mol. The number of alkyl halides is 3. The number of halogens is 13. The highest BCUT2D eigenvalue weighted by atomic mass is 19.4. The lowest BCUT2D eigenvalue weighted by Gasteiger charge is -2.09. The van der Waals surface area contributed by atoms with Crippen LogP contribution in [0.3, 0.4) is 0 Å². The fourth-order valence-electron chi connectivity index (χ4n) is 5.05. The molecule has 0 aliphatic rings. The van der Waals surface area contributed by atoms with Crippen LogP contribution in [0.2, 0.25) is 0 Å². The van der Waals surface area contributed by atoms with E-state index in [9.17, 15) is 57.1 Å². The lowest BCUT2D eigenvalue weighted by atomic mass is 10.1. The third-order valence-corrected chi connectivity index (χ3v) is 9.01. The first-order valence-electron chi connectivity index (χ1n) is 20.1. The van der Waals surface area contributed by atoms with Crippen LogP contribution in [0.25, 0.3) is 0 Å². The highest BCUT2D eigenvalue weighted by molar-refractivity contribution is 5.43. The van der Waals surface area contributed by atoms with Crippen LogP contribution in [0.4, 0.5) is 57.1 Å². The number of methoxy groups -OCH3 is 2. The number of rotatable bonds is 2. The quantitative estimate of drug-likeness (QED) is 0.162. The fraction of sp³-hybridized carbons (Fsp3) is 0.189. The van der Waals surface area contributed by atoms with Crippen molar-refractivity contribution in [1.29, 1.82) is 5.26 Å². The Morgan fingerprint density at radius 2 is 0.899 bits per heavy atom. The van der Waals surface area contributed by atoms with Crippen molar-refractivity contribution in [2.24, 2.45) is 0 Å². The van der Waals surface area contributed by atoms with E-state index < -0.39 is 58.3 Å². The van der Waals surface area contributed by atoms with Crippen molar-refractivity contribution in [1.82, 2.24) is 0 Å². The number of hydrogen-bond donors (Lipinski definition) is 0. The lowest BCUT2D eigenvalue weighted by Crippen LogP contribution is -2.08. The topological polar surface area (TPSA) is 42.2 Å². The molecule has 69 heavy (non-hydrogen) atoms. The summed E-state index contributed by atoms with van der Waals surface area (Å²) in [6.45, 7) is 11.1. The van der Waals surface area contributed by atoms with E-state index in [4.69, 9.17) is 14.7 Å². The summed E-state index contributed by atoms with van der Waals surface area (Å²) in [6.07, 6.45) is -4.47. The van der Waals surface area contributed by atoms with Crippen molar-refractivity contribution < 1.29 is 66.5 Å². The summed E-state index contributed by atoms with van der Waals surface area (Å²) in [5.74, 6) is -4.25. The summed E-state index contributed by atoms with van der Waals surface area (Å²) < 4.78 is 169. The number of aryl methyl sites for hydroxylation is 5. The van der Waals surface area contributed by atoms with Gasteiger partial charge < -0.3 is 9.47 Å². The predicted octanol–water partition coefficient (Wildman–Crippen LogP) is 16.3. The molecule has 7 aromatic rings. The zero-order chi connectivity index (χ0) is 52.6. The Morgan fingerprint density at radius 1 is 0.406 bits per heavy atom. The lowest BCUT2D eigenvalue weighted by molar-refractivity contribution is -0.138. The molecule has 0 heterocycles. The van der Waals surface area contributed by atoms with Crippen LogP contribution < -0.4 is 9.47 Å². The van der Waals surface area contributed by atoms with Crippen LogP contribution in [-0.4, -0.2) is 14.2 Å². The second-order valence-electron chi connectivity index (χ2n) is 14.3. The number of nitrogens with zero attached hydrogens (tertiary/aromatic N) is 1. The molecule has 0 atom stereocenters. The highest BCUT2D eigenvalue weighted by Crippen LogP contribution is 2.32. The third-order valence-electron chi connectivity index (χ3n) is 9.01. The minimum absolute atomic E-state index is 0.265. The summed E-state index contributed by atoms with van der Waals surface area (Å²) in [6, 6.07) is 29.7. The van der Waals surface area contributed by atoms with E-state index in [1.54, 1.807) is 35.0 Å². The van der Waals surface area contributed by atoms with E-state index in [-0.39, 0.29) is 17.2 Å². The van der Waals surface area contributed by atoms with Gasteiger partial charge in [-0.05, 0) is 167 Å². The number of ether oxygens (including phenoxy) is 2. The molecule has 3 nitrogen and oxygen atoms in total. The van der Waals surface area contributed by atoms with E-state index in [1.165, 1.54) is 62.4 Å². The van der Waals surface area contributed by atoms with Crippen molar-refractivity contribution in [3.8, 4) is 17.6 Å². The van der Waals surface area contributed by atoms with Crippen molar-refractivity contribution >= 4 is 0 Å². The molecule has 368 valence electrons. The number of benzene rings is 7. The molecule has 7 rings (SSSR count). The average Bonchev–Trinajstić information content (AvgIpc) is 3.30. The van der Waals surface area contributed by atoms with E-state index in [0.29, 0.717) is 27.8 Å². The molecule has 16 heteroatoms. The summed E-state index contributed by atoms with van der Waals surface area (Å²) in [7, 11) is 3.31. The first-order chi connectivity index (χ1) is 32.3. The first-order valence-corrected chi connectivity index (χ1v) is 20.1. The predicted molar refractivity (Wildman–Crippen MR) is 241 cm³/mol. The van der Waals surface area contributed by atoms with E-state index in [1.807, 2.05) is 31.2 Å². The molecule has 0 radical (unpaired) electrons. The van der Waals surface area contributed by atoms with Gasteiger partial charge in [-0.3, -0.25) is 0 Å². The maximum atomic E-state index is 12.6. The zero-order valence-corrected chi connectivity index (χ0v) is 38.8. The van der Waals surface area contributed by atoms with E-state index in [0.717, 1.165) is 90.2 Å². The molecule has 0 N–H and O–H groups in total. The Bertz CT molecular complexity index is 2590. The zero-order valence-electron chi connectivity index (χ0n) is 38.8. The Balaban J connectivity index is 0.000000404. The molecule has 0 aliphatic carbocycles. The van der Waals surface area contributed by atoms with Crippen LogP contribution in [0.5, 0.6) is 11.5 Å². The molecule has 7 aromatic carbocycles. The summed E-state index contributed by atoms with van der Waals surface area (Å²) in [4.78, 5) is 0. The van der Waals surface area contributed by atoms with Gasteiger partial charge in [0.25, 0.3) is 0 Å². The average molecular weight is 978 g/mol. The van der Waals surface area contributed by atoms with Crippen molar-refractivity contribution in [2.45, 2.75) is 54.6 Å². The van der Waals surface area contributed by atoms with Gasteiger partial charge in [0.1, 0.15) is 46.4 Å².